The molecule has 1 amide bonds. The summed E-state index contributed by atoms with van der Waals surface area (Å²) in [6.07, 6.45) is 4.02. The van der Waals surface area contributed by atoms with Crippen LogP contribution in [0.2, 0.25) is 0 Å². The average molecular weight is 244 g/mol. The molecule has 5 nitrogen and oxygen atoms in total. The smallest absolute Gasteiger partial charge is 0.326 e. The molecule has 92 valence electrons. The summed E-state index contributed by atoms with van der Waals surface area (Å²) in [5, 5.41) is 13.2. The molecule has 0 bridgehead atoms. The second-order valence-electron chi connectivity index (χ2n) is 3.89. The fraction of sp³-hybridized carbons (Fsp3) is 0.154. The number of carboxylic acids is 1. The van der Waals surface area contributed by atoms with E-state index in [4.69, 9.17) is 5.11 Å². The Labute approximate surface area is 103 Å². The molecule has 1 aromatic carbocycles. The van der Waals surface area contributed by atoms with Gasteiger partial charge < -0.3 is 10.4 Å². The number of aromatic nitrogens is 1. The van der Waals surface area contributed by atoms with Crippen LogP contribution in [0.5, 0.6) is 0 Å². The zero-order chi connectivity index (χ0) is 13.0. The summed E-state index contributed by atoms with van der Waals surface area (Å²) < 4.78 is 0. The minimum Gasteiger partial charge on any atom is -0.480 e. The summed E-state index contributed by atoms with van der Waals surface area (Å²) in [6, 6.07) is 6.57. The number of carbonyl (C=O) groups excluding carboxylic acids is 1. The molecule has 0 saturated heterocycles. The third kappa shape index (κ3) is 2.45. The first-order valence-electron chi connectivity index (χ1n) is 5.46. The SMILES string of the molecule is O=CN[C@@H](Cc1cccc2ccncc12)C(=O)O. The molecule has 0 fully saturated rings. The summed E-state index contributed by atoms with van der Waals surface area (Å²) in [6.45, 7) is 0. The number of amides is 1. The van der Waals surface area contributed by atoms with Crippen molar-refractivity contribution < 1.29 is 14.7 Å². The number of nitrogens with one attached hydrogen (secondary N) is 1. The lowest BCUT2D eigenvalue weighted by Gasteiger charge is -2.12. The quantitative estimate of drug-likeness (QED) is 0.768. The Hall–Kier alpha value is -2.43. The van der Waals surface area contributed by atoms with Gasteiger partial charge in [0, 0.05) is 24.2 Å². The standard InChI is InChI=1S/C13H12N2O3/c16-8-15-12(13(17)18)6-10-3-1-2-9-4-5-14-7-11(9)10/h1-5,7-8,12H,6H2,(H,15,16)(H,17,18)/t12-/m0/s1. The molecule has 0 aliphatic carbocycles. The summed E-state index contributed by atoms with van der Waals surface area (Å²) in [5.41, 5.74) is 0.849. The van der Waals surface area contributed by atoms with Crippen molar-refractivity contribution in [2.75, 3.05) is 0 Å². The highest BCUT2D eigenvalue weighted by Crippen LogP contribution is 2.18. The first-order valence-corrected chi connectivity index (χ1v) is 5.46. The highest BCUT2D eigenvalue weighted by Gasteiger charge is 2.17. The van der Waals surface area contributed by atoms with E-state index in [2.05, 4.69) is 10.3 Å². The fourth-order valence-electron chi connectivity index (χ4n) is 1.87. The summed E-state index contributed by atoms with van der Waals surface area (Å²) >= 11 is 0. The van der Waals surface area contributed by atoms with Gasteiger partial charge in [-0.3, -0.25) is 9.78 Å². The molecule has 0 spiro atoms. The minimum absolute atomic E-state index is 0.233. The predicted molar refractivity (Wildman–Crippen MR) is 66.1 cm³/mol. The Morgan fingerprint density at radius 1 is 1.44 bits per heavy atom. The zero-order valence-corrected chi connectivity index (χ0v) is 9.54. The first-order chi connectivity index (χ1) is 8.72. The van der Waals surface area contributed by atoms with E-state index < -0.39 is 12.0 Å². The van der Waals surface area contributed by atoms with Crippen LogP contribution in [0.3, 0.4) is 0 Å². The number of aliphatic carboxylic acids is 1. The van der Waals surface area contributed by atoms with Crippen LogP contribution in [0.4, 0.5) is 0 Å². The van der Waals surface area contributed by atoms with Crippen LogP contribution in [0.1, 0.15) is 5.56 Å². The zero-order valence-electron chi connectivity index (χ0n) is 9.54. The molecule has 2 rings (SSSR count). The molecular weight excluding hydrogens is 232 g/mol. The molecule has 0 aliphatic heterocycles. The second kappa shape index (κ2) is 5.27. The van der Waals surface area contributed by atoms with Crippen molar-refractivity contribution in [3.63, 3.8) is 0 Å². The molecule has 1 aromatic heterocycles. The van der Waals surface area contributed by atoms with Crippen LogP contribution < -0.4 is 5.32 Å². The van der Waals surface area contributed by atoms with Crippen LogP contribution in [0, 0.1) is 0 Å². The van der Waals surface area contributed by atoms with E-state index in [1.165, 1.54) is 0 Å². The van der Waals surface area contributed by atoms with Crippen molar-refractivity contribution in [1.82, 2.24) is 10.3 Å². The highest BCUT2D eigenvalue weighted by molar-refractivity contribution is 5.86. The van der Waals surface area contributed by atoms with E-state index in [-0.39, 0.29) is 6.42 Å². The lowest BCUT2D eigenvalue weighted by atomic mass is 10.0. The van der Waals surface area contributed by atoms with Gasteiger partial charge >= 0.3 is 5.97 Å². The molecular formula is C13H12N2O3. The molecule has 18 heavy (non-hydrogen) atoms. The third-order valence-electron chi connectivity index (χ3n) is 2.77. The minimum atomic E-state index is -1.05. The molecule has 0 saturated carbocycles. The third-order valence-corrected chi connectivity index (χ3v) is 2.77. The molecule has 2 N–H and O–H groups in total. The molecule has 1 heterocycles. The van der Waals surface area contributed by atoms with Crippen molar-refractivity contribution >= 4 is 23.2 Å². The maximum atomic E-state index is 11.0. The van der Waals surface area contributed by atoms with Gasteiger partial charge in [0.1, 0.15) is 6.04 Å². The van der Waals surface area contributed by atoms with Gasteiger partial charge in [-0.05, 0) is 17.0 Å². The van der Waals surface area contributed by atoms with Gasteiger partial charge in [0.2, 0.25) is 6.41 Å². The number of carbonyl (C=O) groups is 2. The Kier molecular flexibility index (Phi) is 3.52. The lowest BCUT2D eigenvalue weighted by molar-refractivity contribution is -0.140. The largest absolute Gasteiger partial charge is 0.480 e. The van der Waals surface area contributed by atoms with Crippen LogP contribution in [0.25, 0.3) is 10.8 Å². The van der Waals surface area contributed by atoms with E-state index in [0.717, 1.165) is 16.3 Å². The average Bonchev–Trinajstić information content (AvgIpc) is 2.38. The first kappa shape index (κ1) is 12.0. The number of benzene rings is 1. The van der Waals surface area contributed by atoms with Crippen LogP contribution in [-0.2, 0) is 16.0 Å². The maximum Gasteiger partial charge on any atom is 0.326 e. The molecule has 0 unspecified atom stereocenters. The summed E-state index contributed by atoms with van der Waals surface area (Å²) in [7, 11) is 0. The van der Waals surface area contributed by atoms with Crippen molar-refractivity contribution in [1.29, 1.82) is 0 Å². The Morgan fingerprint density at radius 3 is 3.00 bits per heavy atom. The monoisotopic (exact) mass is 244 g/mol. The van der Waals surface area contributed by atoms with Gasteiger partial charge in [-0.1, -0.05) is 18.2 Å². The van der Waals surface area contributed by atoms with E-state index >= 15 is 0 Å². The van der Waals surface area contributed by atoms with Gasteiger partial charge in [0.15, 0.2) is 0 Å². The number of rotatable bonds is 5. The number of hydrogen-bond donors (Lipinski definition) is 2. The Balaban J connectivity index is 2.36. The molecule has 2 aromatic rings. The van der Waals surface area contributed by atoms with Crippen LogP contribution in [0.15, 0.2) is 36.7 Å². The number of nitrogens with zero attached hydrogens (tertiary/aromatic N) is 1. The van der Waals surface area contributed by atoms with Crippen LogP contribution >= 0.6 is 0 Å². The Bertz CT molecular complexity index is 578. The molecule has 0 aliphatic rings. The van der Waals surface area contributed by atoms with Gasteiger partial charge in [-0.25, -0.2) is 4.79 Å². The topological polar surface area (TPSA) is 79.3 Å². The van der Waals surface area contributed by atoms with Gasteiger partial charge in [0.25, 0.3) is 0 Å². The molecule has 0 radical (unpaired) electrons. The van der Waals surface area contributed by atoms with Gasteiger partial charge in [-0.15, -0.1) is 0 Å². The van der Waals surface area contributed by atoms with Gasteiger partial charge in [-0.2, -0.15) is 0 Å². The van der Waals surface area contributed by atoms with E-state index in [9.17, 15) is 9.59 Å². The van der Waals surface area contributed by atoms with Gasteiger partial charge in [0.05, 0.1) is 0 Å². The summed E-state index contributed by atoms with van der Waals surface area (Å²) in [4.78, 5) is 25.4. The van der Waals surface area contributed by atoms with Crippen molar-refractivity contribution in [3.05, 3.63) is 42.2 Å². The molecule has 1 atom stereocenters. The fourth-order valence-corrected chi connectivity index (χ4v) is 1.87. The van der Waals surface area contributed by atoms with Crippen molar-refractivity contribution in [3.8, 4) is 0 Å². The van der Waals surface area contributed by atoms with Crippen LogP contribution in [-0.4, -0.2) is 28.5 Å². The summed E-state index contributed by atoms with van der Waals surface area (Å²) in [5.74, 6) is -1.05. The number of pyridine rings is 1. The lowest BCUT2D eigenvalue weighted by Crippen LogP contribution is -2.37. The van der Waals surface area contributed by atoms with Crippen molar-refractivity contribution in [2.45, 2.75) is 12.5 Å². The van der Waals surface area contributed by atoms with Crippen molar-refractivity contribution in [2.24, 2.45) is 0 Å². The predicted octanol–water partition coefficient (Wildman–Crippen LogP) is 0.976. The maximum absolute atomic E-state index is 11.0. The second-order valence-corrected chi connectivity index (χ2v) is 3.89. The van der Waals surface area contributed by atoms with E-state index in [1.54, 1.807) is 12.4 Å². The van der Waals surface area contributed by atoms with E-state index in [0.29, 0.717) is 6.41 Å². The molecule has 5 heteroatoms. The normalized spacial score (nSPS) is 12.0. The van der Waals surface area contributed by atoms with E-state index in [1.807, 2.05) is 24.3 Å². The number of carboxylic acid groups (broad SMARTS) is 1. The number of hydrogen-bond acceptors (Lipinski definition) is 3. The highest BCUT2D eigenvalue weighted by atomic mass is 16.4. The Morgan fingerprint density at radius 2 is 2.28 bits per heavy atom. The number of fused-ring (bicyclic) bond motifs is 1.